The minimum absolute atomic E-state index is 0. The molecule has 0 amide bonds. The maximum Gasteiger partial charge on any atom is 1.00 e. The Hall–Kier alpha value is -2.83. The molecule has 10 nitrogen and oxygen atoms in total. The molecule has 0 spiro atoms. The molecule has 178 valence electrons. The van der Waals surface area contributed by atoms with Crippen molar-refractivity contribution in [2.24, 2.45) is 20.5 Å². The quantitative estimate of drug-likeness (QED) is 0.249. The molecule has 3 rings (SSSR count). The van der Waals surface area contributed by atoms with E-state index in [0.29, 0.717) is 40.9 Å². The SMILES string of the molecule is CCOc1ccc(N=Nc2cc(OC)c(N=Nc3ccc(S(=O)(=O)[O-])cc3)cc2OC)cc1C.[Na+]. The van der Waals surface area contributed by atoms with Crippen molar-refractivity contribution in [3.63, 3.8) is 0 Å². The van der Waals surface area contributed by atoms with Crippen molar-refractivity contribution in [1.29, 1.82) is 0 Å². The van der Waals surface area contributed by atoms with E-state index in [9.17, 15) is 13.0 Å². The van der Waals surface area contributed by atoms with Gasteiger partial charge in [-0.3, -0.25) is 0 Å². The van der Waals surface area contributed by atoms with Crippen LogP contribution in [-0.2, 0) is 10.1 Å². The predicted molar refractivity (Wildman–Crippen MR) is 125 cm³/mol. The largest absolute Gasteiger partial charge is 1.00 e. The summed E-state index contributed by atoms with van der Waals surface area (Å²) >= 11 is 0. The van der Waals surface area contributed by atoms with Crippen molar-refractivity contribution in [2.75, 3.05) is 20.8 Å². The zero-order valence-corrected chi connectivity index (χ0v) is 22.9. The molecule has 0 bridgehead atoms. The van der Waals surface area contributed by atoms with Crippen LogP contribution in [0.15, 0.2) is 79.9 Å². The van der Waals surface area contributed by atoms with Crippen molar-refractivity contribution in [2.45, 2.75) is 18.7 Å². The second-order valence-electron chi connectivity index (χ2n) is 6.93. The van der Waals surface area contributed by atoms with Crippen LogP contribution in [0.4, 0.5) is 22.7 Å². The van der Waals surface area contributed by atoms with Gasteiger partial charge in [0.2, 0.25) is 0 Å². The predicted octanol–water partition coefficient (Wildman–Crippen LogP) is 3.15. The molecule has 0 radical (unpaired) electrons. The minimum Gasteiger partial charge on any atom is -0.744 e. The van der Waals surface area contributed by atoms with Crippen molar-refractivity contribution >= 4 is 32.9 Å². The van der Waals surface area contributed by atoms with E-state index in [2.05, 4.69) is 20.5 Å². The molecule has 0 saturated heterocycles. The van der Waals surface area contributed by atoms with Crippen LogP contribution in [0.1, 0.15) is 12.5 Å². The van der Waals surface area contributed by atoms with Gasteiger partial charge in [0.25, 0.3) is 0 Å². The van der Waals surface area contributed by atoms with Gasteiger partial charge in [0.05, 0.1) is 37.1 Å². The van der Waals surface area contributed by atoms with Gasteiger partial charge in [-0.1, -0.05) is 0 Å². The fourth-order valence-corrected chi connectivity index (χ4v) is 3.41. The first kappa shape index (κ1) is 28.4. The number of hydrogen-bond donors (Lipinski definition) is 0. The van der Waals surface area contributed by atoms with Crippen LogP contribution in [0.3, 0.4) is 0 Å². The van der Waals surface area contributed by atoms with Crippen LogP contribution in [-0.4, -0.2) is 33.8 Å². The molecular weight excluding hydrogens is 483 g/mol. The molecule has 0 N–H and O–H groups in total. The van der Waals surface area contributed by atoms with Gasteiger partial charge in [-0.25, -0.2) is 8.42 Å². The molecule has 35 heavy (non-hydrogen) atoms. The molecule has 0 saturated carbocycles. The number of nitrogens with zero attached hydrogens (tertiary/aromatic N) is 4. The van der Waals surface area contributed by atoms with E-state index in [1.165, 1.54) is 38.5 Å². The average Bonchev–Trinajstić information content (AvgIpc) is 2.82. The zero-order valence-electron chi connectivity index (χ0n) is 20.0. The molecule has 0 aliphatic heterocycles. The first-order valence-corrected chi connectivity index (χ1v) is 11.5. The number of azo groups is 2. The average molecular weight is 507 g/mol. The summed E-state index contributed by atoms with van der Waals surface area (Å²) in [5, 5.41) is 16.8. The molecule has 3 aromatic carbocycles. The summed E-state index contributed by atoms with van der Waals surface area (Å²) in [5.41, 5.74) is 2.72. The van der Waals surface area contributed by atoms with Gasteiger partial charge in [0, 0.05) is 12.1 Å². The van der Waals surface area contributed by atoms with E-state index in [0.717, 1.165) is 11.3 Å². The molecule has 12 heteroatoms. The second kappa shape index (κ2) is 12.8. The van der Waals surface area contributed by atoms with Crippen molar-refractivity contribution in [3.8, 4) is 17.2 Å². The second-order valence-corrected chi connectivity index (χ2v) is 8.31. The summed E-state index contributed by atoms with van der Waals surface area (Å²) in [7, 11) is -1.56. The van der Waals surface area contributed by atoms with E-state index in [1.807, 2.05) is 26.0 Å². The molecule has 3 aromatic rings. The van der Waals surface area contributed by atoms with Gasteiger partial charge in [-0.15, -0.1) is 10.2 Å². The summed E-state index contributed by atoms with van der Waals surface area (Å²) in [5.74, 6) is 1.56. The summed E-state index contributed by atoms with van der Waals surface area (Å²) in [6, 6.07) is 13.8. The Morgan fingerprint density at radius 3 is 1.74 bits per heavy atom. The molecule has 0 unspecified atom stereocenters. The summed E-state index contributed by atoms with van der Waals surface area (Å²) in [6.45, 7) is 4.43. The van der Waals surface area contributed by atoms with Crippen LogP contribution in [0.25, 0.3) is 0 Å². The number of hydrogen-bond acceptors (Lipinski definition) is 10. The third-order valence-corrected chi connectivity index (χ3v) is 5.46. The number of benzene rings is 3. The van der Waals surface area contributed by atoms with Gasteiger partial charge in [0.1, 0.15) is 38.7 Å². The minimum atomic E-state index is -4.53. The van der Waals surface area contributed by atoms with Crippen LogP contribution in [0.5, 0.6) is 17.2 Å². The van der Waals surface area contributed by atoms with Gasteiger partial charge in [-0.2, -0.15) is 10.2 Å². The number of methoxy groups -OCH3 is 2. The third kappa shape index (κ3) is 7.58. The Labute approximate surface area is 226 Å². The fourth-order valence-electron chi connectivity index (χ4n) is 2.94. The van der Waals surface area contributed by atoms with Crippen molar-refractivity contribution < 1.29 is 56.7 Å². The summed E-state index contributed by atoms with van der Waals surface area (Å²) < 4.78 is 49.5. The third-order valence-electron chi connectivity index (χ3n) is 4.61. The molecule has 0 atom stereocenters. The zero-order chi connectivity index (χ0) is 24.7. The normalized spacial score (nSPS) is 11.5. The first-order valence-electron chi connectivity index (χ1n) is 10.1. The number of ether oxygens (including phenoxy) is 3. The van der Waals surface area contributed by atoms with Crippen LogP contribution in [0.2, 0.25) is 0 Å². The van der Waals surface area contributed by atoms with Crippen molar-refractivity contribution in [3.05, 3.63) is 60.2 Å². The van der Waals surface area contributed by atoms with E-state index >= 15 is 0 Å². The maximum absolute atomic E-state index is 11.0. The van der Waals surface area contributed by atoms with E-state index in [4.69, 9.17) is 14.2 Å². The molecule has 0 aromatic heterocycles. The van der Waals surface area contributed by atoms with Gasteiger partial charge < -0.3 is 18.8 Å². The van der Waals surface area contributed by atoms with E-state index < -0.39 is 10.1 Å². The molecule has 0 aliphatic carbocycles. The Morgan fingerprint density at radius 1 is 0.771 bits per heavy atom. The van der Waals surface area contributed by atoms with Gasteiger partial charge in [0.15, 0.2) is 0 Å². The number of rotatable bonds is 9. The monoisotopic (exact) mass is 506 g/mol. The summed E-state index contributed by atoms with van der Waals surface area (Å²) in [6.07, 6.45) is 0. The standard InChI is InChI=1S/C23H24N4O6S.Na/c1-5-33-21-11-8-17(12-15(21)2)25-27-20-14-22(31-3)19(13-23(20)32-4)26-24-16-6-9-18(10-7-16)34(28,29)30;/h6-14H,5H2,1-4H3,(H,28,29,30);/q;+1/p-1. The van der Waals surface area contributed by atoms with Gasteiger partial charge in [-0.05, 0) is 61.9 Å². The Balaban J connectivity index is 0.00000432. The summed E-state index contributed by atoms with van der Waals surface area (Å²) in [4.78, 5) is -0.344. The fraction of sp³-hybridized carbons (Fsp3) is 0.217. The molecule has 0 aliphatic rings. The van der Waals surface area contributed by atoms with Crippen LogP contribution >= 0.6 is 0 Å². The first-order chi connectivity index (χ1) is 16.2. The maximum atomic E-state index is 11.0. The van der Waals surface area contributed by atoms with Crippen molar-refractivity contribution in [1.82, 2.24) is 0 Å². The van der Waals surface area contributed by atoms with E-state index in [1.54, 1.807) is 18.2 Å². The van der Waals surface area contributed by atoms with Crippen LogP contribution < -0.4 is 43.8 Å². The number of aryl methyl sites for hydroxylation is 1. The smallest absolute Gasteiger partial charge is 0.744 e. The molecule has 0 heterocycles. The Kier molecular flexibility index (Phi) is 10.3. The topological polar surface area (TPSA) is 134 Å². The Morgan fingerprint density at radius 2 is 1.29 bits per heavy atom. The Bertz CT molecular complexity index is 1330. The van der Waals surface area contributed by atoms with E-state index in [-0.39, 0.29) is 34.5 Å². The van der Waals surface area contributed by atoms with Gasteiger partial charge >= 0.3 is 29.6 Å². The van der Waals surface area contributed by atoms with Crippen LogP contribution in [0, 0.1) is 6.92 Å². The molecule has 0 fully saturated rings. The molecular formula is C23H23N4NaO6S.